The Morgan fingerprint density at radius 3 is 2.71 bits per heavy atom. The zero-order chi connectivity index (χ0) is 21.8. The molecule has 0 atom stereocenters. The average molecular weight is 434 g/mol. The van der Waals surface area contributed by atoms with Crippen LogP contribution in [0, 0.1) is 13.8 Å². The number of aromatic amines is 1. The van der Waals surface area contributed by atoms with Crippen LogP contribution >= 0.6 is 12.2 Å². The summed E-state index contributed by atoms with van der Waals surface area (Å²) in [4.78, 5) is 5.63. The van der Waals surface area contributed by atoms with Crippen LogP contribution in [0.25, 0.3) is 10.9 Å². The first kappa shape index (κ1) is 21.0. The number of nitrogens with zero attached hydrogens (tertiary/aromatic N) is 1. The van der Waals surface area contributed by atoms with Gasteiger partial charge in [0.25, 0.3) is 0 Å². The van der Waals surface area contributed by atoms with E-state index in [1.807, 2.05) is 36.4 Å². The van der Waals surface area contributed by atoms with Crippen LogP contribution in [-0.2, 0) is 13.0 Å². The number of benzene rings is 2. The van der Waals surface area contributed by atoms with Crippen molar-refractivity contribution in [1.29, 1.82) is 0 Å². The van der Waals surface area contributed by atoms with E-state index in [0.717, 1.165) is 41.2 Å². The van der Waals surface area contributed by atoms with Crippen LogP contribution in [0.15, 0.2) is 65.3 Å². The summed E-state index contributed by atoms with van der Waals surface area (Å²) in [7, 11) is 1.70. The van der Waals surface area contributed by atoms with Gasteiger partial charge in [-0.1, -0.05) is 18.2 Å². The van der Waals surface area contributed by atoms with E-state index in [4.69, 9.17) is 21.4 Å². The second kappa shape index (κ2) is 9.27. The molecule has 4 rings (SSSR count). The van der Waals surface area contributed by atoms with Gasteiger partial charge in [0.2, 0.25) is 0 Å². The Morgan fingerprint density at radius 2 is 1.97 bits per heavy atom. The summed E-state index contributed by atoms with van der Waals surface area (Å²) in [5.74, 6) is 1.74. The number of fused-ring (bicyclic) bond motifs is 1. The standard InChI is InChI=1S/C25H27N3O2S/c1-17-7-4-5-9-23(17)27-25(31)28(16-20-8-6-14-30-20)13-12-21-18(2)26-24-11-10-19(29-3)15-22(21)24/h4-11,14-15,26H,12-13,16H2,1-3H3,(H,27,31). The second-order valence-electron chi connectivity index (χ2n) is 7.64. The molecule has 31 heavy (non-hydrogen) atoms. The van der Waals surface area contributed by atoms with E-state index in [9.17, 15) is 0 Å². The van der Waals surface area contributed by atoms with Crippen LogP contribution in [0.2, 0.25) is 0 Å². The maximum absolute atomic E-state index is 5.80. The zero-order valence-corrected chi connectivity index (χ0v) is 18.9. The molecule has 0 saturated heterocycles. The number of anilines is 1. The van der Waals surface area contributed by atoms with E-state index >= 15 is 0 Å². The van der Waals surface area contributed by atoms with E-state index in [1.165, 1.54) is 16.6 Å². The summed E-state index contributed by atoms with van der Waals surface area (Å²) in [6, 6.07) is 18.2. The Hall–Kier alpha value is -3.25. The lowest BCUT2D eigenvalue weighted by molar-refractivity contribution is 0.368. The minimum absolute atomic E-state index is 0.607. The SMILES string of the molecule is COc1ccc2[nH]c(C)c(CCN(Cc3ccco3)C(=S)Nc3ccccc3C)c2c1. The number of thiocarbonyl (C=S) groups is 1. The van der Waals surface area contributed by atoms with Gasteiger partial charge in [0.05, 0.1) is 19.9 Å². The van der Waals surface area contributed by atoms with Gasteiger partial charge in [-0.15, -0.1) is 0 Å². The molecule has 160 valence electrons. The molecule has 0 aliphatic rings. The summed E-state index contributed by atoms with van der Waals surface area (Å²) >= 11 is 5.80. The Kier molecular flexibility index (Phi) is 6.28. The highest BCUT2D eigenvalue weighted by Crippen LogP contribution is 2.27. The second-order valence-corrected chi connectivity index (χ2v) is 8.02. The van der Waals surface area contributed by atoms with Crippen molar-refractivity contribution >= 4 is 33.9 Å². The molecule has 0 unspecified atom stereocenters. The molecule has 0 fully saturated rings. The van der Waals surface area contributed by atoms with E-state index < -0.39 is 0 Å². The third kappa shape index (κ3) is 4.75. The van der Waals surface area contributed by atoms with Crippen molar-refractivity contribution in [3.63, 3.8) is 0 Å². The van der Waals surface area contributed by atoms with Crippen LogP contribution in [0.5, 0.6) is 5.75 Å². The zero-order valence-electron chi connectivity index (χ0n) is 18.1. The first-order chi connectivity index (χ1) is 15.0. The molecule has 2 aromatic carbocycles. The predicted molar refractivity (Wildman–Crippen MR) is 130 cm³/mol. The molecule has 0 aliphatic heterocycles. The van der Waals surface area contributed by atoms with Crippen molar-refractivity contribution in [3.05, 3.63) is 83.4 Å². The molecule has 6 heteroatoms. The fourth-order valence-corrected chi connectivity index (χ4v) is 4.07. The number of hydrogen-bond acceptors (Lipinski definition) is 3. The van der Waals surface area contributed by atoms with Gasteiger partial charge in [-0.05, 0) is 80.0 Å². The van der Waals surface area contributed by atoms with Gasteiger partial charge in [0, 0.05) is 28.8 Å². The molecule has 4 aromatic rings. The lowest BCUT2D eigenvalue weighted by Gasteiger charge is -2.25. The number of aromatic nitrogens is 1. The quantitative estimate of drug-likeness (QED) is 0.359. The third-order valence-electron chi connectivity index (χ3n) is 5.56. The summed E-state index contributed by atoms with van der Waals surface area (Å²) in [5, 5.41) is 5.28. The fraction of sp³-hybridized carbons (Fsp3) is 0.240. The monoisotopic (exact) mass is 433 g/mol. The number of aryl methyl sites for hydroxylation is 2. The molecule has 0 amide bonds. The highest BCUT2D eigenvalue weighted by atomic mass is 32.1. The highest BCUT2D eigenvalue weighted by Gasteiger charge is 2.16. The molecule has 5 nitrogen and oxygen atoms in total. The molecule has 0 radical (unpaired) electrons. The molecule has 2 N–H and O–H groups in total. The van der Waals surface area contributed by atoms with Crippen LogP contribution in [-0.4, -0.2) is 28.7 Å². The van der Waals surface area contributed by atoms with E-state index in [-0.39, 0.29) is 0 Å². The van der Waals surface area contributed by atoms with Crippen LogP contribution < -0.4 is 10.1 Å². The average Bonchev–Trinajstić information content (AvgIpc) is 3.39. The van der Waals surface area contributed by atoms with E-state index in [1.54, 1.807) is 13.4 Å². The number of hydrogen-bond donors (Lipinski definition) is 2. The predicted octanol–water partition coefficient (Wildman–Crippen LogP) is 5.83. The molecular weight excluding hydrogens is 406 g/mol. The van der Waals surface area contributed by atoms with Crippen molar-refractivity contribution in [2.75, 3.05) is 19.0 Å². The number of H-pyrrole nitrogens is 1. The fourth-order valence-electron chi connectivity index (χ4n) is 3.81. The summed E-state index contributed by atoms with van der Waals surface area (Å²) in [6.45, 7) is 5.55. The minimum atomic E-state index is 0.607. The lowest BCUT2D eigenvalue weighted by Crippen LogP contribution is -2.36. The van der Waals surface area contributed by atoms with Crippen LogP contribution in [0.4, 0.5) is 5.69 Å². The first-order valence-corrected chi connectivity index (χ1v) is 10.7. The number of rotatable bonds is 7. The normalized spacial score (nSPS) is 10.9. The van der Waals surface area contributed by atoms with Gasteiger partial charge in [-0.2, -0.15) is 0 Å². The number of furan rings is 1. The summed E-state index contributed by atoms with van der Waals surface area (Å²) < 4.78 is 11.0. The smallest absolute Gasteiger partial charge is 0.173 e. The third-order valence-corrected chi connectivity index (χ3v) is 5.92. The Balaban J connectivity index is 1.56. The number of ether oxygens (including phenoxy) is 1. The van der Waals surface area contributed by atoms with Gasteiger partial charge in [0.1, 0.15) is 11.5 Å². The van der Waals surface area contributed by atoms with Crippen molar-refractivity contribution in [2.24, 2.45) is 0 Å². The van der Waals surface area contributed by atoms with Gasteiger partial charge >= 0.3 is 0 Å². The molecule has 0 aliphatic carbocycles. The van der Waals surface area contributed by atoms with Crippen molar-refractivity contribution in [3.8, 4) is 5.75 Å². The minimum Gasteiger partial charge on any atom is -0.497 e. The van der Waals surface area contributed by atoms with Gasteiger partial charge < -0.3 is 24.4 Å². The van der Waals surface area contributed by atoms with Crippen molar-refractivity contribution in [2.45, 2.75) is 26.8 Å². The first-order valence-electron chi connectivity index (χ1n) is 10.3. The Bertz CT molecular complexity index is 1180. The molecule has 0 spiro atoms. The summed E-state index contributed by atoms with van der Waals surface area (Å²) in [6.07, 6.45) is 2.54. The number of methoxy groups -OCH3 is 1. The topological polar surface area (TPSA) is 53.4 Å². The van der Waals surface area contributed by atoms with E-state index in [0.29, 0.717) is 11.7 Å². The largest absolute Gasteiger partial charge is 0.497 e. The van der Waals surface area contributed by atoms with Crippen LogP contribution in [0.3, 0.4) is 0 Å². The maximum Gasteiger partial charge on any atom is 0.173 e. The lowest BCUT2D eigenvalue weighted by atomic mass is 10.1. The number of nitrogens with one attached hydrogen (secondary N) is 2. The maximum atomic E-state index is 5.80. The van der Waals surface area contributed by atoms with Gasteiger partial charge in [-0.3, -0.25) is 0 Å². The van der Waals surface area contributed by atoms with Crippen LogP contribution in [0.1, 0.15) is 22.6 Å². The van der Waals surface area contributed by atoms with Crippen molar-refractivity contribution in [1.82, 2.24) is 9.88 Å². The Morgan fingerprint density at radius 1 is 1.13 bits per heavy atom. The Labute approximate surface area is 188 Å². The van der Waals surface area contributed by atoms with Gasteiger partial charge in [-0.25, -0.2) is 0 Å². The summed E-state index contributed by atoms with van der Waals surface area (Å²) in [5.41, 5.74) is 5.73. The van der Waals surface area contributed by atoms with E-state index in [2.05, 4.69) is 47.2 Å². The molecule has 0 bridgehead atoms. The number of para-hydroxylation sites is 1. The molecule has 2 heterocycles. The van der Waals surface area contributed by atoms with Gasteiger partial charge in [0.15, 0.2) is 5.11 Å². The molecular formula is C25H27N3O2S. The highest BCUT2D eigenvalue weighted by molar-refractivity contribution is 7.80. The molecule has 2 aromatic heterocycles. The molecule has 0 saturated carbocycles. The van der Waals surface area contributed by atoms with Crippen molar-refractivity contribution < 1.29 is 9.15 Å².